The summed E-state index contributed by atoms with van der Waals surface area (Å²) in [7, 11) is -4.67. The van der Waals surface area contributed by atoms with Crippen LogP contribution in [0.15, 0.2) is 42.5 Å². The smallest absolute Gasteiger partial charge is 0.394 e. The lowest BCUT2D eigenvalue weighted by Gasteiger charge is -2.27. The molecule has 0 saturated carbocycles. The zero-order valence-corrected chi connectivity index (χ0v) is 14.3. The molecule has 1 rings (SSSR count). The number of rotatable bonds is 6. The largest absolute Gasteiger partial charge is 0.461 e. The van der Waals surface area contributed by atoms with Crippen molar-refractivity contribution in [1.29, 1.82) is 0 Å². The lowest BCUT2D eigenvalue weighted by atomic mass is 9.94. The summed E-state index contributed by atoms with van der Waals surface area (Å²) in [5.41, 5.74) is 1.49. The van der Waals surface area contributed by atoms with Crippen molar-refractivity contribution < 1.29 is 27.1 Å². The van der Waals surface area contributed by atoms with Crippen LogP contribution in [0.2, 0.25) is 0 Å². The van der Waals surface area contributed by atoms with Gasteiger partial charge in [0.05, 0.1) is 0 Å². The van der Waals surface area contributed by atoms with Crippen LogP contribution in [0.1, 0.15) is 26.3 Å². The Morgan fingerprint density at radius 1 is 1.26 bits per heavy atom. The summed E-state index contributed by atoms with van der Waals surface area (Å²) in [5, 5.41) is 3.36. The van der Waals surface area contributed by atoms with Crippen LogP contribution < -0.4 is 5.32 Å². The summed E-state index contributed by atoms with van der Waals surface area (Å²) in [6, 6.07) is 10.2. The van der Waals surface area contributed by atoms with Gasteiger partial charge in [-0.3, -0.25) is 9.11 Å². The Hall–Kier alpha value is -1.74. The summed E-state index contributed by atoms with van der Waals surface area (Å²) < 4.78 is 36.6. The van der Waals surface area contributed by atoms with Crippen LogP contribution >= 0.6 is 0 Å². The molecular formula is C15H23NO6S. The first kappa shape index (κ1) is 21.3. The normalized spacial score (nSPS) is 11.2. The van der Waals surface area contributed by atoms with Crippen molar-refractivity contribution in [3.05, 3.63) is 48.0 Å². The molecule has 0 aromatic heterocycles. The number of hydrogen-bond acceptors (Lipinski definition) is 5. The van der Waals surface area contributed by atoms with Gasteiger partial charge in [0.2, 0.25) is 0 Å². The fourth-order valence-corrected chi connectivity index (χ4v) is 1.59. The molecule has 0 fully saturated rings. The zero-order chi connectivity index (χ0) is 18.1. The Morgan fingerprint density at radius 2 is 1.74 bits per heavy atom. The first-order valence-corrected chi connectivity index (χ1v) is 8.16. The maximum atomic E-state index is 11.2. The number of nitrogens with one attached hydrogen (secondary N) is 1. The minimum atomic E-state index is -4.67. The van der Waals surface area contributed by atoms with Gasteiger partial charge in [0.15, 0.2) is 0 Å². The van der Waals surface area contributed by atoms with Crippen LogP contribution in [-0.2, 0) is 25.5 Å². The number of carbonyl (C=O) groups excluding carboxylic acids is 1. The number of esters is 1. The highest BCUT2D eigenvalue weighted by molar-refractivity contribution is 7.79. The van der Waals surface area contributed by atoms with Crippen LogP contribution in [0.3, 0.4) is 0 Å². The van der Waals surface area contributed by atoms with Crippen molar-refractivity contribution in [2.24, 2.45) is 0 Å². The van der Waals surface area contributed by atoms with E-state index in [2.05, 4.69) is 37.9 Å². The predicted molar refractivity (Wildman–Crippen MR) is 87.4 cm³/mol. The molecule has 1 aromatic rings. The van der Waals surface area contributed by atoms with Crippen LogP contribution in [-0.4, -0.2) is 36.6 Å². The van der Waals surface area contributed by atoms with E-state index in [1.165, 1.54) is 5.56 Å². The molecule has 0 atom stereocenters. The highest BCUT2D eigenvalue weighted by Gasteiger charge is 2.18. The van der Waals surface area contributed by atoms with Crippen molar-refractivity contribution in [3.8, 4) is 0 Å². The predicted octanol–water partition coefficient (Wildman–Crippen LogP) is 1.98. The van der Waals surface area contributed by atoms with Crippen LogP contribution in [0.4, 0.5) is 0 Å². The quantitative estimate of drug-likeness (QED) is 0.313. The van der Waals surface area contributed by atoms with Gasteiger partial charge in [0.25, 0.3) is 0 Å². The molecule has 0 bridgehead atoms. The molecule has 7 nitrogen and oxygen atoms in total. The van der Waals surface area contributed by atoms with E-state index in [0.717, 1.165) is 0 Å². The molecule has 3 N–H and O–H groups in total. The molecular weight excluding hydrogens is 322 g/mol. The Labute approximate surface area is 136 Å². The SMILES string of the molecule is C=C(C)C(=O)OCCNC(C)(C)c1ccccc1.O=S(=O)(O)O. The molecule has 0 amide bonds. The molecule has 130 valence electrons. The molecule has 23 heavy (non-hydrogen) atoms. The van der Waals surface area contributed by atoms with Gasteiger partial charge in [0, 0.05) is 17.7 Å². The van der Waals surface area contributed by atoms with Gasteiger partial charge >= 0.3 is 16.4 Å². The standard InChI is InChI=1S/C15H21NO2.H2O4S/c1-12(2)14(17)18-11-10-16-15(3,4)13-8-6-5-7-9-13;1-5(2,3)4/h5-9,16H,1,10-11H2,2-4H3;(H2,1,2,3,4). The molecule has 0 radical (unpaired) electrons. The van der Waals surface area contributed by atoms with Gasteiger partial charge in [-0.25, -0.2) is 4.79 Å². The topological polar surface area (TPSA) is 113 Å². The Balaban J connectivity index is 0.000000841. The summed E-state index contributed by atoms with van der Waals surface area (Å²) in [4.78, 5) is 11.2. The lowest BCUT2D eigenvalue weighted by molar-refractivity contribution is -0.138. The van der Waals surface area contributed by atoms with Crippen molar-refractivity contribution in [1.82, 2.24) is 5.32 Å². The third kappa shape index (κ3) is 11.5. The van der Waals surface area contributed by atoms with E-state index < -0.39 is 10.4 Å². The van der Waals surface area contributed by atoms with E-state index in [4.69, 9.17) is 22.3 Å². The third-order valence-corrected chi connectivity index (χ3v) is 2.75. The van der Waals surface area contributed by atoms with E-state index in [9.17, 15) is 4.79 Å². The number of benzene rings is 1. The summed E-state index contributed by atoms with van der Waals surface area (Å²) in [6.07, 6.45) is 0. The number of ether oxygens (including phenoxy) is 1. The van der Waals surface area contributed by atoms with E-state index in [1.54, 1.807) is 6.92 Å². The van der Waals surface area contributed by atoms with Crippen molar-refractivity contribution in [3.63, 3.8) is 0 Å². The Kier molecular flexibility index (Phi) is 8.70. The molecule has 0 heterocycles. The molecule has 8 heteroatoms. The molecule has 0 spiro atoms. The van der Waals surface area contributed by atoms with Gasteiger partial charge in [-0.2, -0.15) is 8.42 Å². The van der Waals surface area contributed by atoms with Gasteiger partial charge in [-0.1, -0.05) is 36.9 Å². The van der Waals surface area contributed by atoms with Crippen LogP contribution in [0, 0.1) is 0 Å². The molecule has 0 aliphatic heterocycles. The third-order valence-electron chi connectivity index (χ3n) is 2.75. The fourth-order valence-electron chi connectivity index (χ4n) is 1.59. The molecule has 0 unspecified atom stereocenters. The highest BCUT2D eigenvalue weighted by atomic mass is 32.3. The Bertz CT molecular complexity index is 602. The lowest BCUT2D eigenvalue weighted by Crippen LogP contribution is -2.38. The number of hydrogen-bond donors (Lipinski definition) is 3. The second-order valence-electron chi connectivity index (χ2n) is 5.28. The molecule has 1 aromatic carbocycles. The first-order chi connectivity index (χ1) is 10.4. The highest BCUT2D eigenvalue weighted by Crippen LogP contribution is 2.18. The fraction of sp³-hybridized carbons (Fsp3) is 0.400. The minimum Gasteiger partial charge on any atom is -0.461 e. The molecule has 0 aliphatic rings. The average Bonchev–Trinajstić information content (AvgIpc) is 2.42. The van der Waals surface area contributed by atoms with Gasteiger partial charge < -0.3 is 10.1 Å². The second kappa shape index (κ2) is 9.41. The minimum absolute atomic E-state index is 0.142. The van der Waals surface area contributed by atoms with Crippen molar-refractivity contribution in [2.45, 2.75) is 26.3 Å². The average molecular weight is 345 g/mol. The van der Waals surface area contributed by atoms with Gasteiger partial charge in [0.1, 0.15) is 6.61 Å². The van der Waals surface area contributed by atoms with Crippen molar-refractivity contribution in [2.75, 3.05) is 13.2 Å². The van der Waals surface area contributed by atoms with Gasteiger partial charge in [-0.05, 0) is 26.3 Å². The zero-order valence-electron chi connectivity index (χ0n) is 13.4. The van der Waals surface area contributed by atoms with Gasteiger partial charge in [-0.15, -0.1) is 0 Å². The molecule has 0 saturated heterocycles. The van der Waals surface area contributed by atoms with Crippen molar-refractivity contribution >= 4 is 16.4 Å². The van der Waals surface area contributed by atoms with E-state index in [1.807, 2.05) is 18.2 Å². The second-order valence-corrected chi connectivity index (χ2v) is 6.18. The van der Waals surface area contributed by atoms with Crippen LogP contribution in [0.5, 0.6) is 0 Å². The number of carbonyl (C=O) groups is 1. The molecule has 0 aliphatic carbocycles. The van der Waals surface area contributed by atoms with E-state index in [-0.39, 0.29) is 11.5 Å². The van der Waals surface area contributed by atoms with E-state index in [0.29, 0.717) is 18.7 Å². The maximum Gasteiger partial charge on any atom is 0.394 e. The first-order valence-electron chi connectivity index (χ1n) is 6.76. The summed E-state index contributed by atoms with van der Waals surface area (Å²) in [6.45, 7) is 10.3. The van der Waals surface area contributed by atoms with Crippen LogP contribution in [0.25, 0.3) is 0 Å². The maximum absolute atomic E-state index is 11.2. The summed E-state index contributed by atoms with van der Waals surface area (Å²) in [5.74, 6) is -0.339. The summed E-state index contributed by atoms with van der Waals surface area (Å²) >= 11 is 0. The Morgan fingerprint density at radius 3 is 2.17 bits per heavy atom. The van der Waals surface area contributed by atoms with E-state index >= 15 is 0 Å². The monoisotopic (exact) mass is 345 g/mol.